The van der Waals surface area contributed by atoms with Crippen LogP contribution >= 0.6 is 0 Å². The van der Waals surface area contributed by atoms with Crippen molar-refractivity contribution in [3.63, 3.8) is 0 Å². The molecule has 0 aliphatic carbocycles. The van der Waals surface area contributed by atoms with Gasteiger partial charge in [0.25, 0.3) is 0 Å². The van der Waals surface area contributed by atoms with Gasteiger partial charge in [-0.1, -0.05) is 6.92 Å². The van der Waals surface area contributed by atoms with Crippen LogP contribution in [0.1, 0.15) is 36.1 Å². The summed E-state index contributed by atoms with van der Waals surface area (Å²) < 4.78 is 5.28. The summed E-state index contributed by atoms with van der Waals surface area (Å²) in [6.07, 6.45) is 3.12. The number of carboxylic acid groups (broad SMARTS) is 1. The first-order valence-corrected chi connectivity index (χ1v) is 4.98. The molecule has 2 rings (SSSR count). The summed E-state index contributed by atoms with van der Waals surface area (Å²) in [5.41, 5.74) is 0.0732. The lowest BCUT2D eigenvalue weighted by Gasteiger charge is -2.31. The fraction of sp³-hybridized carbons (Fsp3) is 0.600. The summed E-state index contributed by atoms with van der Waals surface area (Å²) in [5.74, 6) is -0.215. The molecule has 2 N–H and O–H groups in total. The molecule has 0 radical (unpaired) electrons. The number of aromatic carboxylic acids is 1. The zero-order chi connectivity index (χ0) is 10.9. The van der Waals surface area contributed by atoms with Crippen molar-refractivity contribution in [1.29, 1.82) is 0 Å². The summed E-state index contributed by atoms with van der Waals surface area (Å²) in [5, 5.41) is 8.78. The van der Waals surface area contributed by atoms with Crippen LogP contribution in [0, 0.1) is 0 Å². The van der Waals surface area contributed by atoms with E-state index < -0.39 is 5.97 Å². The quantitative estimate of drug-likeness (QED) is 0.768. The second kappa shape index (κ2) is 3.66. The van der Waals surface area contributed by atoms with Gasteiger partial charge in [-0.25, -0.2) is 9.78 Å². The highest BCUT2D eigenvalue weighted by Crippen LogP contribution is 2.31. The minimum Gasteiger partial charge on any atom is -0.477 e. The Hall–Kier alpha value is -1.36. The molecule has 82 valence electrons. The summed E-state index contributed by atoms with van der Waals surface area (Å²) in [7, 11) is 0. The molecule has 0 spiro atoms. The number of nitrogens with one attached hydrogen (secondary N) is 1. The number of ether oxygens (including phenoxy) is 1. The van der Waals surface area contributed by atoms with Gasteiger partial charge >= 0.3 is 5.97 Å². The number of hydrogen-bond donors (Lipinski definition) is 2. The summed E-state index contributed by atoms with van der Waals surface area (Å²) >= 11 is 0. The lowest BCUT2D eigenvalue weighted by Crippen LogP contribution is -2.31. The van der Waals surface area contributed by atoms with E-state index in [1.165, 1.54) is 6.20 Å². The Bertz CT molecular complexity index is 366. The third-order valence-corrected chi connectivity index (χ3v) is 2.97. The number of rotatable bonds is 2. The van der Waals surface area contributed by atoms with Crippen LogP contribution in [0.15, 0.2) is 6.20 Å². The van der Waals surface area contributed by atoms with Gasteiger partial charge in [-0.2, -0.15) is 0 Å². The van der Waals surface area contributed by atoms with Crippen LogP contribution in [0.25, 0.3) is 0 Å². The third kappa shape index (κ3) is 1.87. The number of carboxylic acids is 1. The fourth-order valence-electron chi connectivity index (χ4n) is 1.80. The topological polar surface area (TPSA) is 75.2 Å². The first-order valence-electron chi connectivity index (χ1n) is 4.98. The summed E-state index contributed by atoms with van der Waals surface area (Å²) in [4.78, 5) is 17.7. The standard InChI is InChI=1S/C10H14N2O3/c1-10(2-4-15-5-3-10)9-11-6-7(12-9)8(13)14/h6H,2-5H2,1H3,(H,11,12)(H,13,14). The van der Waals surface area contributed by atoms with E-state index in [0.717, 1.165) is 18.7 Å². The molecule has 1 saturated heterocycles. The van der Waals surface area contributed by atoms with Crippen molar-refractivity contribution in [3.05, 3.63) is 17.7 Å². The predicted octanol–water partition coefficient (Wildman–Crippen LogP) is 1.18. The molecular formula is C10H14N2O3. The van der Waals surface area contributed by atoms with Crippen molar-refractivity contribution in [2.45, 2.75) is 25.2 Å². The molecule has 0 bridgehead atoms. The maximum Gasteiger partial charge on any atom is 0.353 e. The van der Waals surface area contributed by atoms with Gasteiger partial charge in [-0.3, -0.25) is 0 Å². The molecule has 1 aromatic heterocycles. The highest BCUT2D eigenvalue weighted by Gasteiger charge is 2.32. The lowest BCUT2D eigenvalue weighted by atomic mass is 9.82. The second-order valence-corrected chi connectivity index (χ2v) is 4.12. The average molecular weight is 210 g/mol. The van der Waals surface area contributed by atoms with Gasteiger partial charge in [0.2, 0.25) is 0 Å². The van der Waals surface area contributed by atoms with Crippen LogP contribution < -0.4 is 0 Å². The van der Waals surface area contributed by atoms with Crippen molar-refractivity contribution in [3.8, 4) is 0 Å². The van der Waals surface area contributed by atoms with E-state index in [1.807, 2.05) is 0 Å². The van der Waals surface area contributed by atoms with Crippen LogP contribution in [-0.2, 0) is 10.2 Å². The maximum absolute atomic E-state index is 10.7. The van der Waals surface area contributed by atoms with E-state index in [4.69, 9.17) is 9.84 Å². The second-order valence-electron chi connectivity index (χ2n) is 4.12. The zero-order valence-electron chi connectivity index (χ0n) is 8.62. The number of H-pyrrole nitrogens is 1. The number of aromatic nitrogens is 2. The van der Waals surface area contributed by atoms with E-state index >= 15 is 0 Å². The lowest BCUT2D eigenvalue weighted by molar-refractivity contribution is 0.0537. The number of hydrogen-bond acceptors (Lipinski definition) is 3. The van der Waals surface area contributed by atoms with Crippen LogP contribution in [0.2, 0.25) is 0 Å². The molecule has 0 atom stereocenters. The molecular weight excluding hydrogens is 196 g/mol. The Balaban J connectivity index is 2.23. The molecule has 0 unspecified atom stereocenters. The van der Waals surface area contributed by atoms with E-state index in [1.54, 1.807) is 0 Å². The molecule has 1 aromatic rings. The van der Waals surface area contributed by atoms with E-state index in [9.17, 15) is 4.79 Å². The minimum absolute atomic E-state index is 0.0774. The number of imidazole rings is 1. The number of carbonyl (C=O) groups is 1. The molecule has 15 heavy (non-hydrogen) atoms. The molecule has 5 nitrogen and oxygen atoms in total. The Kier molecular flexibility index (Phi) is 2.48. The first-order chi connectivity index (χ1) is 7.12. The third-order valence-electron chi connectivity index (χ3n) is 2.97. The van der Waals surface area contributed by atoms with Crippen LogP contribution in [0.5, 0.6) is 0 Å². The minimum atomic E-state index is -0.968. The predicted molar refractivity (Wildman–Crippen MR) is 53.0 cm³/mol. The molecule has 5 heteroatoms. The molecule has 1 aliphatic heterocycles. The smallest absolute Gasteiger partial charge is 0.353 e. The Morgan fingerprint density at radius 2 is 2.27 bits per heavy atom. The highest BCUT2D eigenvalue weighted by atomic mass is 16.5. The summed E-state index contributed by atoms with van der Waals surface area (Å²) in [6, 6.07) is 0. The van der Waals surface area contributed by atoms with Gasteiger partial charge in [0.05, 0.1) is 6.20 Å². The average Bonchev–Trinajstić information content (AvgIpc) is 2.68. The van der Waals surface area contributed by atoms with Crippen molar-refractivity contribution in [2.75, 3.05) is 13.2 Å². The molecule has 0 aromatic carbocycles. The van der Waals surface area contributed by atoms with Crippen molar-refractivity contribution < 1.29 is 14.6 Å². The normalized spacial score (nSPS) is 20.1. The molecule has 0 amide bonds. The molecule has 0 saturated carbocycles. The Morgan fingerprint density at radius 1 is 1.60 bits per heavy atom. The van der Waals surface area contributed by atoms with Gasteiger partial charge < -0.3 is 14.8 Å². The Labute approximate surface area is 87.5 Å². The Morgan fingerprint density at radius 3 is 2.80 bits per heavy atom. The van der Waals surface area contributed by atoms with Gasteiger partial charge in [0.1, 0.15) is 11.5 Å². The van der Waals surface area contributed by atoms with Crippen LogP contribution in [0.4, 0.5) is 0 Å². The van der Waals surface area contributed by atoms with Gasteiger partial charge in [0, 0.05) is 18.6 Å². The van der Waals surface area contributed by atoms with Gasteiger partial charge in [-0.15, -0.1) is 0 Å². The van der Waals surface area contributed by atoms with E-state index in [0.29, 0.717) is 13.2 Å². The fourth-order valence-corrected chi connectivity index (χ4v) is 1.80. The van der Waals surface area contributed by atoms with Gasteiger partial charge in [-0.05, 0) is 12.8 Å². The van der Waals surface area contributed by atoms with Gasteiger partial charge in [0.15, 0.2) is 0 Å². The first kappa shape index (κ1) is 10.2. The summed E-state index contributed by atoms with van der Waals surface area (Å²) in [6.45, 7) is 3.50. The largest absolute Gasteiger partial charge is 0.477 e. The van der Waals surface area contributed by atoms with Crippen LogP contribution in [0.3, 0.4) is 0 Å². The molecule has 2 heterocycles. The van der Waals surface area contributed by atoms with Crippen molar-refractivity contribution >= 4 is 5.97 Å². The van der Waals surface area contributed by atoms with Crippen molar-refractivity contribution in [2.24, 2.45) is 0 Å². The number of aromatic amines is 1. The van der Waals surface area contributed by atoms with E-state index in [2.05, 4.69) is 16.9 Å². The molecule has 1 fully saturated rings. The zero-order valence-corrected chi connectivity index (χ0v) is 8.62. The highest BCUT2D eigenvalue weighted by molar-refractivity contribution is 5.85. The van der Waals surface area contributed by atoms with Crippen LogP contribution in [-0.4, -0.2) is 34.3 Å². The monoisotopic (exact) mass is 210 g/mol. The number of nitrogens with zero attached hydrogens (tertiary/aromatic N) is 1. The maximum atomic E-state index is 10.7. The molecule has 1 aliphatic rings. The van der Waals surface area contributed by atoms with Crippen molar-refractivity contribution in [1.82, 2.24) is 9.97 Å². The SMILES string of the molecule is CC1(c2ncc(C(=O)O)[nH]2)CCOCC1. The van der Waals surface area contributed by atoms with E-state index in [-0.39, 0.29) is 11.1 Å².